The van der Waals surface area contributed by atoms with Crippen molar-refractivity contribution in [3.05, 3.63) is 11.3 Å². The number of aromatic nitrogens is 1. The van der Waals surface area contributed by atoms with Crippen LogP contribution in [0.1, 0.15) is 43.2 Å². The van der Waals surface area contributed by atoms with Gasteiger partial charge in [0.2, 0.25) is 0 Å². The van der Waals surface area contributed by atoms with Crippen LogP contribution in [0, 0.1) is 12.3 Å². The van der Waals surface area contributed by atoms with E-state index in [0.717, 1.165) is 24.6 Å². The number of anilines is 1. The van der Waals surface area contributed by atoms with Crippen LogP contribution in [0.4, 0.5) is 5.00 Å². The van der Waals surface area contributed by atoms with E-state index in [2.05, 4.69) is 23.5 Å². The van der Waals surface area contributed by atoms with Gasteiger partial charge in [-0.15, -0.1) is 0 Å². The van der Waals surface area contributed by atoms with Crippen molar-refractivity contribution >= 4 is 22.5 Å². The van der Waals surface area contributed by atoms with Gasteiger partial charge in [0.25, 0.3) is 0 Å². The standard InChI is InChI=1S/C14H24N2O3S/c1-6-19-13(17)11-10(2)16-20-12(11)15-9-14(3,4)7-8-18-5/h15H,6-9H2,1-5H3. The highest BCUT2D eigenvalue weighted by Crippen LogP contribution is 2.28. The lowest BCUT2D eigenvalue weighted by atomic mass is 9.90. The first-order valence-corrected chi connectivity index (χ1v) is 7.55. The first-order chi connectivity index (χ1) is 9.41. The summed E-state index contributed by atoms with van der Waals surface area (Å²) in [5.74, 6) is -0.309. The molecule has 0 aliphatic carbocycles. The van der Waals surface area contributed by atoms with Crippen LogP contribution in [0.2, 0.25) is 0 Å². The molecule has 0 fully saturated rings. The van der Waals surface area contributed by atoms with Crippen molar-refractivity contribution in [3.8, 4) is 0 Å². The van der Waals surface area contributed by atoms with Crippen molar-refractivity contribution in [3.63, 3.8) is 0 Å². The highest BCUT2D eigenvalue weighted by Gasteiger charge is 2.22. The molecule has 5 nitrogen and oxygen atoms in total. The summed E-state index contributed by atoms with van der Waals surface area (Å²) in [6.45, 7) is 9.80. The molecule has 0 saturated heterocycles. The Kier molecular flexibility index (Phi) is 6.42. The van der Waals surface area contributed by atoms with E-state index in [0.29, 0.717) is 17.9 Å². The zero-order valence-corrected chi connectivity index (χ0v) is 13.7. The van der Waals surface area contributed by atoms with E-state index in [1.165, 1.54) is 11.5 Å². The van der Waals surface area contributed by atoms with Crippen LogP contribution in [0.25, 0.3) is 0 Å². The summed E-state index contributed by atoms with van der Waals surface area (Å²) in [6.07, 6.45) is 0.947. The number of aryl methyl sites for hydroxylation is 1. The minimum Gasteiger partial charge on any atom is -0.462 e. The molecule has 6 heteroatoms. The zero-order chi connectivity index (χ0) is 15.2. The van der Waals surface area contributed by atoms with E-state index in [-0.39, 0.29) is 11.4 Å². The molecule has 0 spiro atoms. The molecule has 0 radical (unpaired) electrons. The van der Waals surface area contributed by atoms with Crippen molar-refractivity contribution < 1.29 is 14.3 Å². The SMILES string of the molecule is CCOC(=O)c1c(C)nsc1NCC(C)(C)CCOC. The summed E-state index contributed by atoms with van der Waals surface area (Å²) >= 11 is 1.30. The van der Waals surface area contributed by atoms with Gasteiger partial charge >= 0.3 is 5.97 Å². The number of methoxy groups -OCH3 is 1. The molecule has 20 heavy (non-hydrogen) atoms. The van der Waals surface area contributed by atoms with Crippen LogP contribution in [0.3, 0.4) is 0 Å². The van der Waals surface area contributed by atoms with E-state index in [9.17, 15) is 4.79 Å². The lowest BCUT2D eigenvalue weighted by molar-refractivity contribution is 0.0526. The molecule has 1 rings (SSSR count). The summed E-state index contributed by atoms with van der Waals surface area (Å²) in [6, 6.07) is 0. The Hall–Kier alpha value is -1.14. The van der Waals surface area contributed by atoms with Gasteiger partial charge in [-0.1, -0.05) is 13.8 Å². The van der Waals surface area contributed by atoms with Crippen LogP contribution >= 0.6 is 11.5 Å². The number of ether oxygens (including phenoxy) is 2. The predicted molar refractivity (Wildman–Crippen MR) is 81.6 cm³/mol. The fraction of sp³-hybridized carbons (Fsp3) is 0.714. The van der Waals surface area contributed by atoms with Crippen LogP contribution in [0.5, 0.6) is 0 Å². The van der Waals surface area contributed by atoms with Crippen LogP contribution < -0.4 is 5.32 Å². The van der Waals surface area contributed by atoms with Crippen molar-refractivity contribution in [2.24, 2.45) is 5.41 Å². The highest BCUT2D eigenvalue weighted by molar-refractivity contribution is 7.10. The molecule has 0 aromatic carbocycles. The van der Waals surface area contributed by atoms with Gasteiger partial charge in [-0.2, -0.15) is 4.37 Å². The van der Waals surface area contributed by atoms with Crippen molar-refractivity contribution in [2.45, 2.75) is 34.1 Å². The third-order valence-electron chi connectivity index (χ3n) is 3.05. The Labute approximate surface area is 124 Å². The maximum Gasteiger partial charge on any atom is 0.343 e. The van der Waals surface area contributed by atoms with E-state index in [1.807, 2.05) is 6.92 Å². The Morgan fingerprint density at radius 1 is 1.45 bits per heavy atom. The fourth-order valence-electron chi connectivity index (χ4n) is 1.72. The molecule has 1 N–H and O–H groups in total. The Morgan fingerprint density at radius 3 is 2.75 bits per heavy atom. The van der Waals surface area contributed by atoms with Gasteiger partial charge in [0, 0.05) is 20.3 Å². The molecular weight excluding hydrogens is 276 g/mol. The van der Waals surface area contributed by atoms with Gasteiger partial charge in [-0.25, -0.2) is 4.79 Å². The monoisotopic (exact) mass is 300 g/mol. The van der Waals surface area contributed by atoms with Gasteiger partial charge in [0.15, 0.2) is 0 Å². The van der Waals surface area contributed by atoms with Gasteiger partial charge in [0.1, 0.15) is 10.6 Å². The van der Waals surface area contributed by atoms with Crippen molar-refractivity contribution in [1.82, 2.24) is 4.37 Å². The minimum absolute atomic E-state index is 0.0832. The number of rotatable bonds is 8. The molecular formula is C14H24N2O3S. The molecule has 1 heterocycles. The minimum atomic E-state index is -0.309. The third-order valence-corrected chi connectivity index (χ3v) is 3.95. The second kappa shape index (κ2) is 7.59. The largest absolute Gasteiger partial charge is 0.462 e. The molecule has 0 unspecified atom stereocenters. The van der Waals surface area contributed by atoms with E-state index in [1.54, 1.807) is 14.0 Å². The van der Waals surface area contributed by atoms with Crippen LogP contribution in [0.15, 0.2) is 0 Å². The second-order valence-electron chi connectivity index (χ2n) is 5.45. The molecule has 0 atom stereocenters. The van der Waals surface area contributed by atoms with E-state index >= 15 is 0 Å². The lowest BCUT2D eigenvalue weighted by Gasteiger charge is -2.24. The molecule has 0 saturated carbocycles. The normalized spacial score (nSPS) is 11.4. The lowest BCUT2D eigenvalue weighted by Crippen LogP contribution is -2.25. The summed E-state index contributed by atoms with van der Waals surface area (Å²) in [5.41, 5.74) is 1.35. The maximum atomic E-state index is 11.9. The molecule has 0 bridgehead atoms. The van der Waals surface area contributed by atoms with E-state index in [4.69, 9.17) is 9.47 Å². The molecule has 0 amide bonds. The Balaban J connectivity index is 2.71. The molecule has 1 aromatic rings. The number of nitrogens with one attached hydrogen (secondary N) is 1. The quantitative estimate of drug-likeness (QED) is 0.748. The number of carbonyl (C=O) groups is 1. The van der Waals surface area contributed by atoms with Crippen LogP contribution in [-0.2, 0) is 9.47 Å². The first kappa shape index (κ1) is 16.9. The van der Waals surface area contributed by atoms with Crippen molar-refractivity contribution in [1.29, 1.82) is 0 Å². The average Bonchev–Trinajstić information content (AvgIpc) is 2.76. The second-order valence-corrected chi connectivity index (χ2v) is 6.23. The molecule has 1 aromatic heterocycles. The number of hydrogen-bond donors (Lipinski definition) is 1. The predicted octanol–water partition coefficient (Wildman–Crippen LogP) is 3.10. The number of carbonyl (C=O) groups excluding carboxylic acids is 1. The Morgan fingerprint density at radius 2 is 2.15 bits per heavy atom. The van der Waals surface area contributed by atoms with Gasteiger partial charge in [-0.05, 0) is 37.2 Å². The smallest absolute Gasteiger partial charge is 0.343 e. The first-order valence-electron chi connectivity index (χ1n) is 6.77. The number of esters is 1. The molecule has 0 aliphatic heterocycles. The van der Waals surface area contributed by atoms with Gasteiger partial charge < -0.3 is 14.8 Å². The Bertz CT molecular complexity index is 444. The average molecular weight is 300 g/mol. The van der Waals surface area contributed by atoms with Crippen molar-refractivity contribution in [2.75, 3.05) is 32.2 Å². The summed E-state index contributed by atoms with van der Waals surface area (Å²) in [4.78, 5) is 11.9. The van der Waals surface area contributed by atoms with Gasteiger partial charge in [-0.3, -0.25) is 0 Å². The van der Waals surface area contributed by atoms with E-state index < -0.39 is 0 Å². The summed E-state index contributed by atoms with van der Waals surface area (Å²) < 4.78 is 14.4. The highest BCUT2D eigenvalue weighted by atomic mass is 32.1. The molecule has 114 valence electrons. The zero-order valence-electron chi connectivity index (χ0n) is 12.9. The maximum absolute atomic E-state index is 11.9. The summed E-state index contributed by atoms with van der Waals surface area (Å²) in [7, 11) is 1.70. The number of nitrogens with zero attached hydrogens (tertiary/aromatic N) is 1. The van der Waals surface area contributed by atoms with Gasteiger partial charge in [0.05, 0.1) is 12.3 Å². The topological polar surface area (TPSA) is 60.5 Å². The third kappa shape index (κ3) is 4.76. The summed E-state index contributed by atoms with van der Waals surface area (Å²) in [5, 5.41) is 4.11. The fourth-order valence-corrected chi connectivity index (χ4v) is 2.50. The van der Waals surface area contributed by atoms with Crippen LogP contribution in [-0.4, -0.2) is 37.2 Å². The molecule has 0 aliphatic rings. The number of hydrogen-bond acceptors (Lipinski definition) is 6.